The van der Waals surface area contributed by atoms with Crippen LogP contribution in [0.3, 0.4) is 0 Å². The number of methoxy groups -OCH3 is 1. The number of carbonyl (C=O) groups excluding carboxylic acids is 1. The zero-order chi connectivity index (χ0) is 18.0. The Bertz CT molecular complexity index is 938. The molecule has 0 bridgehead atoms. The molecule has 2 N–H and O–H groups in total. The third kappa shape index (κ3) is 3.35. The number of benzene rings is 2. The Labute approximate surface area is 142 Å². The van der Waals surface area contributed by atoms with Gasteiger partial charge in [-0.1, -0.05) is 6.07 Å². The van der Waals surface area contributed by atoms with Gasteiger partial charge in [-0.2, -0.15) is 5.10 Å². The van der Waals surface area contributed by atoms with Gasteiger partial charge < -0.3 is 10.1 Å². The second-order valence-corrected chi connectivity index (χ2v) is 5.39. The lowest BCUT2D eigenvalue weighted by Gasteiger charge is -2.08. The molecule has 3 aromatic rings. The minimum Gasteiger partial charge on any atom is -0.497 e. The molecule has 0 spiro atoms. The molecule has 0 unspecified atom stereocenters. The summed E-state index contributed by atoms with van der Waals surface area (Å²) in [5.41, 5.74) is 2.07. The summed E-state index contributed by atoms with van der Waals surface area (Å²) < 4.78 is 31.7. The number of ether oxygens (including phenoxy) is 1. The van der Waals surface area contributed by atoms with E-state index in [9.17, 15) is 13.6 Å². The van der Waals surface area contributed by atoms with E-state index in [2.05, 4.69) is 15.5 Å². The molecule has 0 saturated carbocycles. The Morgan fingerprint density at radius 1 is 1.16 bits per heavy atom. The summed E-state index contributed by atoms with van der Waals surface area (Å²) in [4.78, 5) is 12.5. The Morgan fingerprint density at radius 3 is 2.68 bits per heavy atom. The van der Waals surface area contributed by atoms with Gasteiger partial charge in [0.15, 0.2) is 11.6 Å². The van der Waals surface area contributed by atoms with E-state index in [0.29, 0.717) is 34.0 Å². The Hall–Kier alpha value is -3.22. The summed E-state index contributed by atoms with van der Waals surface area (Å²) in [7, 11) is 1.51. The smallest absolute Gasteiger partial charge is 0.255 e. The Kier molecular flexibility index (Phi) is 4.47. The highest BCUT2D eigenvalue weighted by atomic mass is 19.2. The fourth-order valence-corrected chi connectivity index (χ4v) is 2.38. The van der Waals surface area contributed by atoms with E-state index in [1.165, 1.54) is 13.2 Å². The van der Waals surface area contributed by atoms with Gasteiger partial charge in [0.2, 0.25) is 0 Å². The van der Waals surface area contributed by atoms with Crippen molar-refractivity contribution in [2.45, 2.75) is 6.92 Å². The number of nitrogens with zero attached hydrogens (tertiary/aromatic N) is 1. The van der Waals surface area contributed by atoms with Gasteiger partial charge in [0.25, 0.3) is 5.91 Å². The maximum Gasteiger partial charge on any atom is 0.255 e. The predicted octanol–water partition coefficient (Wildman–Crippen LogP) is 3.92. The van der Waals surface area contributed by atoms with Crippen LogP contribution in [0.25, 0.3) is 11.3 Å². The first-order valence-corrected chi connectivity index (χ1v) is 7.45. The van der Waals surface area contributed by atoms with Crippen LogP contribution in [-0.4, -0.2) is 23.2 Å². The summed E-state index contributed by atoms with van der Waals surface area (Å²) in [6, 6.07) is 10.1. The van der Waals surface area contributed by atoms with Crippen molar-refractivity contribution in [3.8, 4) is 17.0 Å². The molecular formula is C18H15F2N3O2. The van der Waals surface area contributed by atoms with Crippen LogP contribution < -0.4 is 10.1 Å². The number of nitrogens with one attached hydrogen (secondary N) is 2. The lowest BCUT2D eigenvalue weighted by molar-refractivity contribution is 0.102. The Balaban J connectivity index is 1.94. The molecule has 0 radical (unpaired) electrons. The highest BCUT2D eigenvalue weighted by Gasteiger charge is 2.17. The SMILES string of the molecule is COc1cccc(C(=O)Nc2c(-c3ccc(F)c(F)c3)n[nH]c2C)c1. The van der Waals surface area contributed by atoms with Gasteiger partial charge in [-0.05, 0) is 43.3 Å². The summed E-state index contributed by atoms with van der Waals surface area (Å²) in [5, 5.41) is 9.58. The van der Waals surface area contributed by atoms with Gasteiger partial charge in [0.1, 0.15) is 11.4 Å². The molecule has 0 aliphatic heterocycles. The van der Waals surface area contributed by atoms with E-state index in [1.54, 1.807) is 31.2 Å². The Morgan fingerprint density at radius 2 is 1.96 bits per heavy atom. The average Bonchev–Trinajstić information content (AvgIpc) is 2.98. The van der Waals surface area contributed by atoms with Crippen molar-refractivity contribution in [3.63, 3.8) is 0 Å². The molecule has 0 aliphatic rings. The number of hydrogen-bond acceptors (Lipinski definition) is 3. The standard InChI is InChI=1S/C18H15F2N3O2/c1-10-16(21-18(24)12-4-3-5-13(8-12)25-2)17(23-22-10)11-6-7-14(19)15(20)9-11/h3-9H,1-2H3,(H,21,24)(H,22,23). The highest BCUT2D eigenvalue weighted by molar-refractivity contribution is 6.06. The molecule has 0 saturated heterocycles. The quantitative estimate of drug-likeness (QED) is 0.754. The molecule has 1 aromatic heterocycles. The first-order valence-electron chi connectivity index (χ1n) is 7.45. The van der Waals surface area contributed by atoms with Crippen molar-refractivity contribution in [3.05, 3.63) is 65.4 Å². The molecular weight excluding hydrogens is 328 g/mol. The topological polar surface area (TPSA) is 67.0 Å². The number of aryl methyl sites for hydroxylation is 1. The fraction of sp³-hybridized carbons (Fsp3) is 0.111. The van der Waals surface area contributed by atoms with Crippen LogP contribution in [0.5, 0.6) is 5.75 Å². The number of anilines is 1. The van der Waals surface area contributed by atoms with Crippen molar-refractivity contribution in [1.29, 1.82) is 0 Å². The van der Waals surface area contributed by atoms with E-state index in [1.807, 2.05) is 0 Å². The molecule has 3 rings (SSSR count). The van der Waals surface area contributed by atoms with Crippen LogP contribution in [0.1, 0.15) is 16.1 Å². The number of hydrogen-bond donors (Lipinski definition) is 2. The molecule has 1 heterocycles. The molecule has 0 aliphatic carbocycles. The van der Waals surface area contributed by atoms with Crippen molar-refractivity contribution >= 4 is 11.6 Å². The van der Waals surface area contributed by atoms with Gasteiger partial charge in [-0.25, -0.2) is 8.78 Å². The third-order valence-electron chi connectivity index (χ3n) is 3.71. The average molecular weight is 343 g/mol. The van der Waals surface area contributed by atoms with Crippen molar-refractivity contribution < 1.29 is 18.3 Å². The second kappa shape index (κ2) is 6.72. The largest absolute Gasteiger partial charge is 0.497 e. The number of aromatic amines is 1. The zero-order valence-corrected chi connectivity index (χ0v) is 13.6. The van der Waals surface area contributed by atoms with Gasteiger partial charge in [-0.3, -0.25) is 9.89 Å². The van der Waals surface area contributed by atoms with Crippen LogP contribution in [0, 0.1) is 18.6 Å². The van der Waals surface area contributed by atoms with E-state index in [4.69, 9.17) is 4.74 Å². The minimum absolute atomic E-state index is 0.327. The lowest BCUT2D eigenvalue weighted by Crippen LogP contribution is -2.13. The van der Waals surface area contributed by atoms with Crippen LogP contribution in [0.4, 0.5) is 14.5 Å². The fourth-order valence-electron chi connectivity index (χ4n) is 2.38. The number of halogens is 2. The molecule has 0 atom stereocenters. The molecule has 2 aromatic carbocycles. The molecule has 7 heteroatoms. The van der Waals surface area contributed by atoms with Crippen LogP contribution in [0.2, 0.25) is 0 Å². The second-order valence-electron chi connectivity index (χ2n) is 5.39. The molecule has 1 amide bonds. The predicted molar refractivity (Wildman–Crippen MR) is 89.6 cm³/mol. The molecule has 0 fully saturated rings. The molecule has 25 heavy (non-hydrogen) atoms. The minimum atomic E-state index is -0.983. The highest BCUT2D eigenvalue weighted by Crippen LogP contribution is 2.30. The van der Waals surface area contributed by atoms with Crippen molar-refractivity contribution in [1.82, 2.24) is 10.2 Å². The third-order valence-corrected chi connectivity index (χ3v) is 3.71. The number of carbonyl (C=O) groups is 1. The van der Waals surface area contributed by atoms with Crippen molar-refractivity contribution in [2.24, 2.45) is 0 Å². The summed E-state index contributed by atoms with van der Waals surface area (Å²) in [6.45, 7) is 1.72. The normalized spacial score (nSPS) is 10.6. The van der Waals surface area contributed by atoms with Gasteiger partial charge in [0, 0.05) is 11.1 Å². The lowest BCUT2D eigenvalue weighted by atomic mass is 10.1. The maximum absolute atomic E-state index is 13.5. The van der Waals surface area contributed by atoms with E-state index < -0.39 is 11.6 Å². The molecule has 5 nitrogen and oxygen atoms in total. The van der Waals surface area contributed by atoms with Gasteiger partial charge in [-0.15, -0.1) is 0 Å². The van der Waals surface area contributed by atoms with E-state index in [0.717, 1.165) is 12.1 Å². The first-order chi connectivity index (χ1) is 12.0. The van der Waals surface area contributed by atoms with Gasteiger partial charge >= 0.3 is 0 Å². The summed E-state index contributed by atoms with van der Waals surface area (Å²) in [5.74, 6) is -1.74. The van der Waals surface area contributed by atoms with E-state index in [-0.39, 0.29) is 5.91 Å². The number of H-pyrrole nitrogens is 1. The van der Waals surface area contributed by atoms with Crippen molar-refractivity contribution in [2.75, 3.05) is 12.4 Å². The molecule has 128 valence electrons. The number of rotatable bonds is 4. The van der Waals surface area contributed by atoms with Crippen LogP contribution in [0.15, 0.2) is 42.5 Å². The van der Waals surface area contributed by atoms with Crippen LogP contribution >= 0.6 is 0 Å². The number of aromatic nitrogens is 2. The summed E-state index contributed by atoms with van der Waals surface area (Å²) >= 11 is 0. The monoisotopic (exact) mass is 343 g/mol. The van der Waals surface area contributed by atoms with E-state index >= 15 is 0 Å². The van der Waals surface area contributed by atoms with Gasteiger partial charge in [0.05, 0.1) is 18.5 Å². The zero-order valence-electron chi connectivity index (χ0n) is 13.6. The number of amides is 1. The van der Waals surface area contributed by atoms with Crippen LogP contribution in [-0.2, 0) is 0 Å². The summed E-state index contributed by atoms with van der Waals surface area (Å²) in [6.07, 6.45) is 0. The first kappa shape index (κ1) is 16.6. The maximum atomic E-state index is 13.5.